The van der Waals surface area contributed by atoms with Crippen LogP contribution in [-0.2, 0) is 28.7 Å². The Labute approximate surface area is 201 Å². The van der Waals surface area contributed by atoms with Crippen LogP contribution in [0.15, 0.2) is 0 Å². The first-order valence-electron chi connectivity index (χ1n) is 9.85. The SMILES string of the molecule is O=C(CCl)NCCN(CCNC(=O)CCl)C(=O)CCCOCCOCCNC(=O)CBr. The van der Waals surface area contributed by atoms with Gasteiger partial charge in [-0.25, -0.2) is 0 Å². The molecule has 0 heterocycles. The lowest BCUT2D eigenvalue weighted by Gasteiger charge is -2.23. The molecule has 0 saturated carbocycles. The number of nitrogens with one attached hydrogen (secondary N) is 3. The van der Waals surface area contributed by atoms with E-state index in [1.54, 1.807) is 4.90 Å². The molecule has 4 amide bonds. The highest BCUT2D eigenvalue weighted by molar-refractivity contribution is 9.09. The van der Waals surface area contributed by atoms with E-state index in [0.717, 1.165) is 0 Å². The molecule has 0 aromatic rings. The van der Waals surface area contributed by atoms with Crippen LogP contribution in [0.5, 0.6) is 0 Å². The van der Waals surface area contributed by atoms with Crippen molar-refractivity contribution in [2.24, 2.45) is 0 Å². The summed E-state index contributed by atoms with van der Waals surface area (Å²) >= 11 is 13.9. The molecule has 180 valence electrons. The number of halogens is 3. The number of hydrogen-bond acceptors (Lipinski definition) is 6. The van der Waals surface area contributed by atoms with E-state index in [2.05, 4.69) is 31.9 Å². The predicted molar refractivity (Wildman–Crippen MR) is 122 cm³/mol. The summed E-state index contributed by atoms with van der Waals surface area (Å²) in [7, 11) is 0. The van der Waals surface area contributed by atoms with Crippen LogP contribution in [0, 0.1) is 0 Å². The average molecular weight is 550 g/mol. The Morgan fingerprint density at radius 1 is 0.742 bits per heavy atom. The summed E-state index contributed by atoms with van der Waals surface area (Å²) in [4.78, 5) is 47.5. The fraction of sp³-hybridized carbons (Fsp3) is 0.778. The first-order chi connectivity index (χ1) is 14.9. The standard InChI is InChI=1S/C18H31BrCl2N4O6/c19-12-15(26)24-5-9-31-11-10-30-8-1-2-18(29)25(6-3-22-16(27)13-20)7-4-23-17(28)14-21/h1-14H2,(H,22,27)(H,23,28)(H,24,26). The number of alkyl halides is 3. The van der Waals surface area contributed by atoms with Gasteiger partial charge in [-0.2, -0.15) is 0 Å². The third-order valence-corrected chi connectivity index (χ3v) is 4.74. The van der Waals surface area contributed by atoms with Crippen LogP contribution in [0.4, 0.5) is 0 Å². The Hall–Kier alpha value is -1.14. The maximum atomic E-state index is 12.5. The zero-order valence-corrected chi connectivity index (χ0v) is 20.5. The molecule has 0 bridgehead atoms. The summed E-state index contributed by atoms with van der Waals surface area (Å²) < 4.78 is 10.8. The maximum Gasteiger partial charge on any atom is 0.234 e. The molecule has 10 nitrogen and oxygen atoms in total. The summed E-state index contributed by atoms with van der Waals surface area (Å²) in [5.41, 5.74) is 0. The molecule has 0 fully saturated rings. The second kappa shape index (κ2) is 20.7. The van der Waals surface area contributed by atoms with Crippen molar-refractivity contribution in [1.82, 2.24) is 20.9 Å². The Balaban J connectivity index is 4.01. The van der Waals surface area contributed by atoms with E-state index in [1.807, 2.05) is 0 Å². The number of hydrogen-bond donors (Lipinski definition) is 3. The van der Waals surface area contributed by atoms with Crippen molar-refractivity contribution in [2.75, 3.05) is 76.2 Å². The Morgan fingerprint density at radius 3 is 1.77 bits per heavy atom. The summed E-state index contributed by atoms with van der Waals surface area (Å²) in [6.45, 7) is 3.16. The Kier molecular flexibility index (Phi) is 20.0. The van der Waals surface area contributed by atoms with Gasteiger partial charge in [-0.1, -0.05) is 15.9 Å². The van der Waals surface area contributed by atoms with Gasteiger partial charge in [-0.3, -0.25) is 19.2 Å². The molecule has 0 radical (unpaired) electrons. The van der Waals surface area contributed by atoms with Gasteiger partial charge >= 0.3 is 0 Å². The van der Waals surface area contributed by atoms with E-state index in [-0.39, 0.29) is 60.2 Å². The first-order valence-corrected chi connectivity index (χ1v) is 12.0. The third kappa shape index (κ3) is 18.2. The molecule has 3 N–H and O–H groups in total. The maximum absolute atomic E-state index is 12.5. The van der Waals surface area contributed by atoms with Crippen LogP contribution in [-0.4, -0.2) is 105 Å². The molecule has 0 aliphatic rings. The van der Waals surface area contributed by atoms with Crippen LogP contribution < -0.4 is 16.0 Å². The minimum atomic E-state index is -0.314. The van der Waals surface area contributed by atoms with E-state index in [9.17, 15) is 19.2 Å². The molecule has 31 heavy (non-hydrogen) atoms. The number of carbonyl (C=O) groups excluding carboxylic acids is 4. The van der Waals surface area contributed by atoms with Crippen molar-refractivity contribution in [3.05, 3.63) is 0 Å². The van der Waals surface area contributed by atoms with Crippen molar-refractivity contribution in [2.45, 2.75) is 12.8 Å². The minimum absolute atomic E-state index is 0.0959. The fourth-order valence-electron chi connectivity index (χ4n) is 2.23. The largest absolute Gasteiger partial charge is 0.379 e. The van der Waals surface area contributed by atoms with Crippen molar-refractivity contribution in [3.63, 3.8) is 0 Å². The molecule has 13 heteroatoms. The average Bonchev–Trinajstić information content (AvgIpc) is 2.78. The van der Waals surface area contributed by atoms with Gasteiger partial charge in [0.05, 0.1) is 25.2 Å². The molecule has 0 atom stereocenters. The Bertz CT molecular complexity index is 523. The normalized spacial score (nSPS) is 10.4. The van der Waals surface area contributed by atoms with Crippen molar-refractivity contribution in [1.29, 1.82) is 0 Å². The lowest BCUT2D eigenvalue weighted by atomic mass is 10.2. The summed E-state index contributed by atoms with van der Waals surface area (Å²) in [6.07, 6.45) is 0.797. The van der Waals surface area contributed by atoms with Gasteiger partial charge in [0.1, 0.15) is 11.8 Å². The van der Waals surface area contributed by atoms with Gasteiger partial charge in [-0.05, 0) is 6.42 Å². The van der Waals surface area contributed by atoms with Gasteiger partial charge in [0.2, 0.25) is 23.6 Å². The van der Waals surface area contributed by atoms with E-state index >= 15 is 0 Å². The highest BCUT2D eigenvalue weighted by atomic mass is 79.9. The van der Waals surface area contributed by atoms with E-state index in [4.69, 9.17) is 32.7 Å². The monoisotopic (exact) mass is 548 g/mol. The molecular formula is C18H31BrCl2N4O6. The lowest BCUT2D eigenvalue weighted by molar-refractivity contribution is -0.132. The number of carbonyl (C=O) groups is 4. The predicted octanol–water partition coefficient (Wildman–Crippen LogP) is -0.150. The van der Waals surface area contributed by atoms with Gasteiger partial charge in [0.25, 0.3) is 0 Å². The van der Waals surface area contributed by atoms with Crippen molar-refractivity contribution >= 4 is 62.8 Å². The third-order valence-electron chi connectivity index (χ3n) is 3.74. The van der Waals surface area contributed by atoms with Crippen LogP contribution in [0.2, 0.25) is 0 Å². The smallest absolute Gasteiger partial charge is 0.234 e. The second-order valence-electron chi connectivity index (χ2n) is 6.16. The molecule has 0 aromatic carbocycles. The molecule has 0 saturated heterocycles. The van der Waals surface area contributed by atoms with Crippen LogP contribution >= 0.6 is 39.1 Å². The van der Waals surface area contributed by atoms with Crippen LogP contribution in [0.1, 0.15) is 12.8 Å². The van der Waals surface area contributed by atoms with Crippen LogP contribution in [0.3, 0.4) is 0 Å². The fourth-order valence-corrected chi connectivity index (χ4v) is 2.62. The van der Waals surface area contributed by atoms with Crippen molar-refractivity contribution < 1.29 is 28.7 Å². The van der Waals surface area contributed by atoms with Crippen LogP contribution in [0.25, 0.3) is 0 Å². The highest BCUT2D eigenvalue weighted by Gasteiger charge is 2.14. The number of nitrogens with zero attached hydrogens (tertiary/aromatic N) is 1. The molecular weight excluding hydrogens is 519 g/mol. The van der Waals surface area contributed by atoms with Gasteiger partial charge in [0.15, 0.2) is 0 Å². The quantitative estimate of drug-likeness (QED) is 0.152. The minimum Gasteiger partial charge on any atom is -0.379 e. The molecule has 0 aliphatic heterocycles. The zero-order chi connectivity index (χ0) is 23.3. The molecule has 0 unspecified atom stereocenters. The molecule has 0 rings (SSSR count). The summed E-state index contributed by atoms with van der Waals surface area (Å²) in [5.74, 6) is -1.13. The van der Waals surface area contributed by atoms with Crippen molar-refractivity contribution in [3.8, 4) is 0 Å². The van der Waals surface area contributed by atoms with E-state index < -0.39 is 0 Å². The molecule has 0 aromatic heterocycles. The summed E-state index contributed by atoms with van der Waals surface area (Å²) in [5, 5.41) is 8.13. The van der Waals surface area contributed by atoms with Gasteiger partial charge in [0, 0.05) is 45.8 Å². The number of ether oxygens (including phenoxy) is 2. The first kappa shape index (κ1) is 29.9. The second-order valence-corrected chi connectivity index (χ2v) is 7.26. The Morgan fingerprint density at radius 2 is 1.26 bits per heavy atom. The van der Waals surface area contributed by atoms with E-state index in [1.165, 1.54) is 0 Å². The lowest BCUT2D eigenvalue weighted by Crippen LogP contribution is -2.43. The van der Waals surface area contributed by atoms with Gasteiger partial charge < -0.3 is 30.3 Å². The number of amides is 4. The molecule has 0 aliphatic carbocycles. The zero-order valence-electron chi connectivity index (χ0n) is 17.4. The van der Waals surface area contributed by atoms with Gasteiger partial charge in [-0.15, -0.1) is 23.2 Å². The van der Waals surface area contributed by atoms with E-state index in [0.29, 0.717) is 52.5 Å². The topological polar surface area (TPSA) is 126 Å². The molecule has 0 spiro atoms. The highest BCUT2D eigenvalue weighted by Crippen LogP contribution is 1.99. The summed E-state index contributed by atoms with van der Waals surface area (Å²) in [6, 6.07) is 0. The number of rotatable bonds is 19.